The zero-order chi connectivity index (χ0) is 11.7. The number of fused-ring (bicyclic) bond motifs is 1. The maximum Gasteiger partial charge on any atom is 0.232 e. The van der Waals surface area contributed by atoms with E-state index in [0.717, 1.165) is 0 Å². The number of anilines is 1. The first-order valence-corrected chi connectivity index (χ1v) is 5.08. The van der Waals surface area contributed by atoms with Crippen LogP contribution in [0.15, 0.2) is 15.7 Å². The third-order valence-electron chi connectivity index (χ3n) is 2.21. The molecular weight excluding hydrogens is 212 g/mol. The molecule has 0 amide bonds. The summed E-state index contributed by atoms with van der Waals surface area (Å²) in [4.78, 5) is 5.20. The third kappa shape index (κ3) is 1.32. The molecule has 0 bridgehead atoms. The summed E-state index contributed by atoms with van der Waals surface area (Å²) in [5.74, 6) is 0. The van der Waals surface area contributed by atoms with Crippen LogP contribution in [0, 0.1) is 0 Å². The van der Waals surface area contributed by atoms with Crippen LogP contribution >= 0.6 is 0 Å². The van der Waals surface area contributed by atoms with Crippen molar-refractivity contribution in [3.05, 3.63) is 11.8 Å². The summed E-state index contributed by atoms with van der Waals surface area (Å²) in [6, 6.07) is 0. The molecule has 0 saturated heterocycles. The number of furan rings is 1. The van der Waals surface area contributed by atoms with E-state index in [1.165, 1.54) is 6.26 Å². The van der Waals surface area contributed by atoms with Gasteiger partial charge in [-0.2, -0.15) is 0 Å². The van der Waals surface area contributed by atoms with Crippen LogP contribution in [-0.4, -0.2) is 33.2 Å². The Morgan fingerprint density at radius 2 is 2.12 bits per heavy atom. The summed E-state index contributed by atoms with van der Waals surface area (Å²) < 4.78 is 5.27. The molecule has 2 aromatic heterocycles. The van der Waals surface area contributed by atoms with E-state index in [9.17, 15) is 10.4 Å². The number of aromatic nitrogens is 2. The Kier molecular flexibility index (Phi) is 2.51. The Morgan fingerprint density at radius 1 is 1.38 bits per heavy atom. The lowest BCUT2D eigenvalue weighted by atomic mass is 10.4. The number of hydrogen-bond acceptors (Lipinski definition) is 5. The highest BCUT2D eigenvalue weighted by Crippen LogP contribution is 2.22. The Morgan fingerprint density at radius 3 is 2.75 bits per heavy atom. The van der Waals surface area contributed by atoms with E-state index in [4.69, 9.17) is 4.42 Å². The molecule has 0 fully saturated rings. The molecule has 0 spiro atoms. The maximum atomic E-state index is 9.67. The zero-order valence-electron chi connectivity index (χ0n) is 9.14. The lowest BCUT2D eigenvalue weighted by Gasteiger charge is -2.00. The molecule has 0 unspecified atom stereocenters. The van der Waals surface area contributed by atoms with Crippen LogP contribution in [0.3, 0.4) is 0 Å². The van der Waals surface area contributed by atoms with Gasteiger partial charge >= 0.3 is 0 Å². The van der Waals surface area contributed by atoms with Crippen LogP contribution in [0.1, 0.15) is 13.8 Å². The molecule has 2 heterocycles. The molecule has 3 N–H and O–H groups in total. The summed E-state index contributed by atoms with van der Waals surface area (Å²) in [7, 11) is 0. The minimum atomic E-state index is 0.198. The van der Waals surface area contributed by atoms with Crippen molar-refractivity contribution in [2.75, 3.05) is 18.4 Å². The Bertz CT molecular complexity index is 563. The Hall–Kier alpha value is -2.05. The highest BCUT2D eigenvalue weighted by Gasteiger charge is 2.18. The van der Waals surface area contributed by atoms with Crippen molar-refractivity contribution >= 4 is 16.8 Å². The molecule has 0 radical (unpaired) electrons. The second-order valence-corrected chi connectivity index (χ2v) is 3.23. The van der Waals surface area contributed by atoms with Gasteiger partial charge in [-0.25, -0.2) is 0 Å². The third-order valence-corrected chi connectivity index (χ3v) is 2.21. The lowest BCUT2D eigenvalue weighted by Crippen LogP contribution is -2.21. The van der Waals surface area contributed by atoms with Gasteiger partial charge in [-0.15, -0.1) is 0 Å². The molecule has 16 heavy (non-hydrogen) atoms. The van der Waals surface area contributed by atoms with Gasteiger partial charge < -0.3 is 20.1 Å². The second-order valence-electron chi connectivity index (χ2n) is 3.23. The number of nitrogens with zero attached hydrogens (tertiary/aromatic N) is 3. The van der Waals surface area contributed by atoms with Crippen molar-refractivity contribution in [2.45, 2.75) is 13.8 Å². The van der Waals surface area contributed by atoms with E-state index in [-0.39, 0.29) is 5.49 Å². The monoisotopic (exact) mass is 226 g/mol. The fraction of sp³-hybridized carbons (Fsp3) is 0.444. The molecule has 0 aliphatic carbocycles. The summed E-state index contributed by atoms with van der Waals surface area (Å²) >= 11 is 0. The van der Waals surface area contributed by atoms with Gasteiger partial charge in [-0.3, -0.25) is 4.99 Å². The highest BCUT2D eigenvalue weighted by atomic mass is 16.6. The average molecular weight is 226 g/mol. The molecule has 88 valence electrons. The van der Waals surface area contributed by atoms with Crippen LogP contribution in [0.5, 0.6) is 0 Å². The SMILES string of the molecule is CCN=c1c2occ(NCC)c2n(O)n1O. The van der Waals surface area contributed by atoms with Gasteiger partial charge in [0.05, 0.1) is 0 Å². The van der Waals surface area contributed by atoms with Gasteiger partial charge in [0.15, 0.2) is 5.52 Å². The van der Waals surface area contributed by atoms with E-state index in [1.54, 1.807) is 0 Å². The average Bonchev–Trinajstić information content (AvgIpc) is 2.76. The van der Waals surface area contributed by atoms with Crippen molar-refractivity contribution in [2.24, 2.45) is 4.99 Å². The van der Waals surface area contributed by atoms with Gasteiger partial charge in [-0.05, 0) is 13.8 Å². The van der Waals surface area contributed by atoms with E-state index >= 15 is 0 Å². The zero-order valence-corrected chi connectivity index (χ0v) is 9.14. The van der Waals surface area contributed by atoms with Crippen LogP contribution in [0.4, 0.5) is 5.69 Å². The molecule has 0 aromatic carbocycles. The quantitative estimate of drug-likeness (QED) is 0.677. The molecule has 0 atom stereocenters. The second kappa shape index (κ2) is 3.84. The smallest absolute Gasteiger partial charge is 0.232 e. The summed E-state index contributed by atoms with van der Waals surface area (Å²) in [6.45, 7) is 4.92. The van der Waals surface area contributed by atoms with Crippen molar-refractivity contribution in [3.8, 4) is 0 Å². The Balaban J connectivity index is 2.76. The van der Waals surface area contributed by atoms with Gasteiger partial charge in [-0.1, -0.05) is 9.69 Å². The fourth-order valence-corrected chi connectivity index (χ4v) is 1.58. The minimum absolute atomic E-state index is 0.198. The molecule has 0 aliphatic heterocycles. The first-order chi connectivity index (χ1) is 7.70. The van der Waals surface area contributed by atoms with E-state index in [2.05, 4.69) is 10.3 Å². The van der Waals surface area contributed by atoms with Gasteiger partial charge in [0, 0.05) is 13.1 Å². The maximum absolute atomic E-state index is 9.67. The molecule has 7 heteroatoms. The lowest BCUT2D eigenvalue weighted by molar-refractivity contribution is -0.00979. The first kappa shape index (κ1) is 10.5. The highest BCUT2D eigenvalue weighted by molar-refractivity contribution is 5.86. The molecule has 7 nitrogen and oxygen atoms in total. The van der Waals surface area contributed by atoms with Crippen LogP contribution in [-0.2, 0) is 0 Å². The number of rotatable bonds is 3. The molecular formula is C9H14N4O3. The van der Waals surface area contributed by atoms with E-state index < -0.39 is 0 Å². The van der Waals surface area contributed by atoms with E-state index in [1.807, 2.05) is 13.8 Å². The van der Waals surface area contributed by atoms with Crippen molar-refractivity contribution in [1.82, 2.24) is 9.69 Å². The summed E-state index contributed by atoms with van der Waals surface area (Å²) in [5.41, 5.74) is 1.53. The topological polar surface area (TPSA) is 87.9 Å². The largest absolute Gasteiger partial charge is 0.456 e. The summed E-state index contributed by atoms with van der Waals surface area (Å²) in [5, 5.41) is 22.3. The predicted octanol–water partition coefficient (Wildman–Crippen LogP) is 0.863. The number of hydrogen-bond donors (Lipinski definition) is 3. The van der Waals surface area contributed by atoms with Crippen molar-refractivity contribution < 1.29 is 14.8 Å². The van der Waals surface area contributed by atoms with Gasteiger partial charge in [0.1, 0.15) is 12.0 Å². The van der Waals surface area contributed by atoms with E-state index in [0.29, 0.717) is 39.6 Å². The van der Waals surface area contributed by atoms with Crippen molar-refractivity contribution in [3.63, 3.8) is 0 Å². The molecule has 0 aliphatic rings. The van der Waals surface area contributed by atoms with Gasteiger partial charge in [0.25, 0.3) is 0 Å². The Labute approximate surface area is 91.1 Å². The molecule has 2 aromatic rings. The predicted molar refractivity (Wildman–Crippen MR) is 56.8 cm³/mol. The van der Waals surface area contributed by atoms with Crippen LogP contribution in [0.2, 0.25) is 0 Å². The summed E-state index contributed by atoms with van der Waals surface area (Å²) in [6.07, 6.45) is 1.48. The number of nitrogens with one attached hydrogen (secondary N) is 1. The van der Waals surface area contributed by atoms with Gasteiger partial charge in [0.2, 0.25) is 11.1 Å². The van der Waals surface area contributed by atoms with Crippen LogP contribution in [0.25, 0.3) is 11.1 Å². The fourth-order valence-electron chi connectivity index (χ4n) is 1.58. The standard InChI is InChI=1S/C9H14N4O3/c1-3-10-6-5-16-8-7(6)12(14)13(15)9(8)11-4-2/h5,10,14-15H,3-4H2,1-2H3. The minimum Gasteiger partial charge on any atom is -0.456 e. The first-order valence-electron chi connectivity index (χ1n) is 5.08. The molecule has 0 saturated carbocycles. The molecule has 2 rings (SSSR count). The van der Waals surface area contributed by atoms with Crippen LogP contribution < -0.4 is 10.8 Å². The normalized spacial score (nSPS) is 12.5. The van der Waals surface area contributed by atoms with Crippen molar-refractivity contribution in [1.29, 1.82) is 0 Å².